The lowest BCUT2D eigenvalue weighted by atomic mass is 10.1. The maximum Gasteiger partial charge on any atom is 0.303 e. The average Bonchev–Trinajstić information content (AvgIpc) is 2.25. The van der Waals surface area contributed by atoms with E-state index in [0.29, 0.717) is 5.75 Å². The number of carboxylic acid groups (broad SMARTS) is 1. The van der Waals surface area contributed by atoms with Crippen molar-refractivity contribution in [3.63, 3.8) is 0 Å². The Kier molecular flexibility index (Phi) is 3.88. The van der Waals surface area contributed by atoms with Gasteiger partial charge in [0.15, 0.2) is 5.78 Å². The van der Waals surface area contributed by atoms with Crippen molar-refractivity contribution in [2.24, 2.45) is 0 Å². The average molecular weight is 224 g/mol. The van der Waals surface area contributed by atoms with Crippen LogP contribution in [0.4, 0.5) is 0 Å². The number of aliphatic carboxylic acids is 1. The van der Waals surface area contributed by atoms with Gasteiger partial charge in [0.25, 0.3) is 0 Å². The van der Waals surface area contributed by atoms with Crippen molar-refractivity contribution in [3.8, 4) is 11.5 Å². The van der Waals surface area contributed by atoms with Crippen molar-refractivity contribution in [2.45, 2.75) is 12.8 Å². The largest absolute Gasteiger partial charge is 0.507 e. The molecule has 0 bridgehead atoms. The number of rotatable bonds is 5. The van der Waals surface area contributed by atoms with Crippen molar-refractivity contribution < 1.29 is 24.5 Å². The third-order valence-electron chi connectivity index (χ3n) is 2.07. The molecule has 1 aromatic rings. The molecule has 2 N–H and O–H groups in total. The fourth-order valence-corrected chi connectivity index (χ4v) is 1.23. The van der Waals surface area contributed by atoms with Crippen molar-refractivity contribution in [3.05, 3.63) is 23.8 Å². The number of aromatic hydroxyl groups is 1. The first-order valence-corrected chi connectivity index (χ1v) is 4.66. The predicted molar refractivity (Wildman–Crippen MR) is 55.9 cm³/mol. The Hall–Kier alpha value is -2.04. The zero-order valence-corrected chi connectivity index (χ0v) is 8.77. The Bertz CT molecular complexity index is 411. The Morgan fingerprint density at radius 3 is 2.50 bits per heavy atom. The molecule has 86 valence electrons. The molecule has 0 fully saturated rings. The van der Waals surface area contributed by atoms with Gasteiger partial charge in [0.2, 0.25) is 0 Å². The third-order valence-corrected chi connectivity index (χ3v) is 2.07. The summed E-state index contributed by atoms with van der Waals surface area (Å²) in [5.74, 6) is -1.20. The number of Topliss-reactive ketones (excluding diaryl/α,β-unsaturated/α-hetero) is 1. The summed E-state index contributed by atoms with van der Waals surface area (Å²) in [5.41, 5.74) is 0.113. The summed E-state index contributed by atoms with van der Waals surface area (Å²) in [7, 11) is 1.45. The SMILES string of the molecule is COc1ccc(C(=O)CCC(=O)O)c(O)c1. The minimum Gasteiger partial charge on any atom is -0.507 e. The van der Waals surface area contributed by atoms with Gasteiger partial charge in [-0.15, -0.1) is 0 Å². The van der Waals surface area contributed by atoms with Gasteiger partial charge in [-0.3, -0.25) is 9.59 Å². The number of ether oxygens (including phenoxy) is 1. The number of carbonyl (C=O) groups is 2. The molecule has 0 spiro atoms. The van der Waals surface area contributed by atoms with Gasteiger partial charge in [-0.1, -0.05) is 0 Å². The summed E-state index contributed by atoms with van der Waals surface area (Å²) in [6.45, 7) is 0. The molecule has 16 heavy (non-hydrogen) atoms. The van der Waals surface area contributed by atoms with E-state index in [9.17, 15) is 14.7 Å². The maximum atomic E-state index is 11.5. The Balaban J connectivity index is 2.79. The highest BCUT2D eigenvalue weighted by molar-refractivity contribution is 5.99. The van der Waals surface area contributed by atoms with E-state index in [1.165, 1.54) is 25.3 Å². The second-order valence-corrected chi connectivity index (χ2v) is 3.20. The van der Waals surface area contributed by atoms with Crippen molar-refractivity contribution in [1.29, 1.82) is 0 Å². The maximum absolute atomic E-state index is 11.5. The highest BCUT2D eigenvalue weighted by Gasteiger charge is 2.13. The normalized spacial score (nSPS) is 9.81. The standard InChI is InChI=1S/C11H12O5/c1-16-7-2-3-8(10(13)6-7)9(12)4-5-11(14)15/h2-3,6,13H,4-5H2,1H3,(H,14,15). The molecule has 0 atom stereocenters. The van der Waals surface area contributed by atoms with E-state index in [0.717, 1.165) is 0 Å². The summed E-state index contributed by atoms with van der Waals surface area (Å²) in [5, 5.41) is 17.9. The first-order chi connectivity index (χ1) is 7.54. The predicted octanol–water partition coefficient (Wildman–Crippen LogP) is 1.45. The molecule has 0 aliphatic carbocycles. The molecule has 0 unspecified atom stereocenters. The Morgan fingerprint density at radius 1 is 1.31 bits per heavy atom. The van der Waals surface area contributed by atoms with Gasteiger partial charge in [0.05, 0.1) is 19.1 Å². The Labute approximate surface area is 92.3 Å². The van der Waals surface area contributed by atoms with Gasteiger partial charge >= 0.3 is 5.97 Å². The molecule has 0 aliphatic rings. The number of phenolic OH excluding ortho intramolecular Hbond substituents is 1. The molecule has 1 rings (SSSR count). The minimum absolute atomic E-state index is 0.113. The van der Waals surface area contributed by atoms with Gasteiger partial charge < -0.3 is 14.9 Å². The monoisotopic (exact) mass is 224 g/mol. The van der Waals surface area contributed by atoms with E-state index in [2.05, 4.69) is 0 Å². The van der Waals surface area contributed by atoms with Gasteiger partial charge in [0.1, 0.15) is 11.5 Å². The molecule has 0 saturated heterocycles. The van der Waals surface area contributed by atoms with Crippen molar-refractivity contribution in [1.82, 2.24) is 0 Å². The molecular formula is C11H12O5. The quantitative estimate of drug-likeness (QED) is 0.739. The number of carboxylic acids is 1. The lowest BCUT2D eigenvalue weighted by Gasteiger charge is -2.05. The summed E-state index contributed by atoms with van der Waals surface area (Å²) in [6.07, 6.45) is -0.375. The molecule has 0 aromatic heterocycles. The molecule has 5 heteroatoms. The molecular weight excluding hydrogens is 212 g/mol. The number of phenols is 1. The number of ketones is 1. The number of hydrogen-bond acceptors (Lipinski definition) is 4. The summed E-state index contributed by atoms with van der Waals surface area (Å²) < 4.78 is 4.86. The zero-order valence-electron chi connectivity index (χ0n) is 8.77. The summed E-state index contributed by atoms with van der Waals surface area (Å²) in [4.78, 5) is 21.8. The van der Waals surface area contributed by atoms with Crippen LogP contribution in [0.3, 0.4) is 0 Å². The van der Waals surface area contributed by atoms with Crippen LogP contribution < -0.4 is 4.74 Å². The lowest BCUT2D eigenvalue weighted by molar-refractivity contribution is -0.136. The smallest absolute Gasteiger partial charge is 0.303 e. The molecule has 0 aliphatic heterocycles. The van der Waals surface area contributed by atoms with Gasteiger partial charge in [0, 0.05) is 12.5 Å². The van der Waals surface area contributed by atoms with Crippen LogP contribution in [0, 0.1) is 0 Å². The lowest BCUT2D eigenvalue weighted by Crippen LogP contribution is -2.04. The number of benzene rings is 1. The number of methoxy groups -OCH3 is 1. The topological polar surface area (TPSA) is 83.8 Å². The van der Waals surface area contributed by atoms with Crippen LogP contribution in [0.25, 0.3) is 0 Å². The van der Waals surface area contributed by atoms with E-state index in [1.807, 2.05) is 0 Å². The number of hydrogen-bond donors (Lipinski definition) is 2. The van der Waals surface area contributed by atoms with Crippen LogP contribution in [0.5, 0.6) is 11.5 Å². The van der Waals surface area contributed by atoms with Crippen LogP contribution in [-0.4, -0.2) is 29.1 Å². The van der Waals surface area contributed by atoms with Crippen molar-refractivity contribution >= 4 is 11.8 Å². The second-order valence-electron chi connectivity index (χ2n) is 3.20. The van der Waals surface area contributed by atoms with Crippen LogP contribution in [0.1, 0.15) is 23.2 Å². The Morgan fingerprint density at radius 2 is 2.00 bits per heavy atom. The molecule has 5 nitrogen and oxygen atoms in total. The van der Waals surface area contributed by atoms with Crippen LogP contribution in [0.15, 0.2) is 18.2 Å². The number of carbonyl (C=O) groups excluding carboxylic acids is 1. The highest BCUT2D eigenvalue weighted by Crippen LogP contribution is 2.24. The fourth-order valence-electron chi connectivity index (χ4n) is 1.23. The zero-order chi connectivity index (χ0) is 12.1. The summed E-state index contributed by atoms with van der Waals surface area (Å²) >= 11 is 0. The van der Waals surface area contributed by atoms with Gasteiger partial charge in [-0.2, -0.15) is 0 Å². The first-order valence-electron chi connectivity index (χ1n) is 4.66. The molecule has 0 saturated carbocycles. The van der Waals surface area contributed by atoms with E-state index < -0.39 is 11.8 Å². The third kappa shape index (κ3) is 2.98. The van der Waals surface area contributed by atoms with E-state index in [4.69, 9.17) is 9.84 Å². The van der Waals surface area contributed by atoms with Gasteiger partial charge in [-0.05, 0) is 12.1 Å². The minimum atomic E-state index is -1.04. The van der Waals surface area contributed by atoms with Crippen LogP contribution >= 0.6 is 0 Å². The highest BCUT2D eigenvalue weighted by atomic mass is 16.5. The summed E-state index contributed by atoms with van der Waals surface area (Å²) in [6, 6.07) is 4.26. The van der Waals surface area contributed by atoms with Gasteiger partial charge in [-0.25, -0.2) is 0 Å². The fraction of sp³-hybridized carbons (Fsp3) is 0.273. The first kappa shape index (κ1) is 12.0. The molecule has 1 aromatic carbocycles. The van der Waals surface area contributed by atoms with E-state index in [1.54, 1.807) is 0 Å². The molecule has 0 heterocycles. The van der Waals surface area contributed by atoms with Crippen LogP contribution in [0.2, 0.25) is 0 Å². The van der Waals surface area contributed by atoms with Crippen molar-refractivity contribution in [2.75, 3.05) is 7.11 Å². The van der Waals surface area contributed by atoms with E-state index in [-0.39, 0.29) is 24.2 Å². The van der Waals surface area contributed by atoms with E-state index >= 15 is 0 Å². The van der Waals surface area contributed by atoms with Crippen LogP contribution in [-0.2, 0) is 4.79 Å². The molecule has 0 amide bonds. The molecule has 0 radical (unpaired) electrons. The second kappa shape index (κ2) is 5.16.